The van der Waals surface area contributed by atoms with Crippen LogP contribution in [0.3, 0.4) is 0 Å². The van der Waals surface area contributed by atoms with Gasteiger partial charge in [-0.05, 0) is 12.8 Å². The molecule has 0 saturated carbocycles. The van der Waals surface area contributed by atoms with E-state index in [0.717, 1.165) is 25.7 Å². The minimum atomic E-state index is -0.575. The molecule has 17 heavy (non-hydrogen) atoms. The van der Waals surface area contributed by atoms with Crippen molar-refractivity contribution in [1.29, 1.82) is 0 Å². The largest absolute Gasteiger partial charge is 0.354 e. The molecule has 0 spiro atoms. The number of nitrogens with one attached hydrogen (secondary N) is 2. The first-order chi connectivity index (χ1) is 8.20. The predicted octanol–water partition coefficient (Wildman–Crippen LogP) is 0.586. The van der Waals surface area contributed by atoms with Gasteiger partial charge in [0.2, 0.25) is 0 Å². The fraction of sp³-hybridized carbons (Fsp3) is 0.833. The monoisotopic (exact) mass is 242 g/mol. The first-order valence-electron chi connectivity index (χ1n) is 6.41. The number of unbranched alkanes of at least 4 members (excludes halogenated alkanes) is 2. The summed E-state index contributed by atoms with van der Waals surface area (Å²) in [7, 11) is 0. The Labute approximate surface area is 102 Å². The second-order valence-electron chi connectivity index (χ2n) is 4.27. The van der Waals surface area contributed by atoms with Gasteiger partial charge in [-0.15, -0.1) is 0 Å². The second-order valence-corrected chi connectivity index (χ2v) is 4.27. The number of hydrogen-bond acceptors (Lipinski definition) is 3. The van der Waals surface area contributed by atoms with Crippen molar-refractivity contribution in [2.75, 3.05) is 13.1 Å². The van der Waals surface area contributed by atoms with Gasteiger partial charge in [0.15, 0.2) is 12.2 Å². The van der Waals surface area contributed by atoms with Gasteiger partial charge < -0.3 is 15.4 Å². The Bertz CT molecular complexity index is 242. The molecule has 1 rings (SSSR count). The van der Waals surface area contributed by atoms with E-state index < -0.39 is 12.2 Å². The maximum absolute atomic E-state index is 11.5. The van der Waals surface area contributed by atoms with Crippen LogP contribution in [0.15, 0.2) is 0 Å². The van der Waals surface area contributed by atoms with Crippen LogP contribution in [0, 0.1) is 0 Å². The Morgan fingerprint density at radius 2 is 1.35 bits per heavy atom. The van der Waals surface area contributed by atoms with Gasteiger partial charge >= 0.3 is 0 Å². The molecule has 1 fully saturated rings. The molecule has 0 radical (unpaired) electrons. The molecule has 0 aromatic rings. The molecule has 1 saturated heterocycles. The van der Waals surface area contributed by atoms with E-state index in [-0.39, 0.29) is 11.8 Å². The molecule has 2 unspecified atom stereocenters. The molecule has 2 amide bonds. The highest BCUT2D eigenvalue weighted by Crippen LogP contribution is 2.22. The SMILES string of the molecule is CCCCNC(=O)C1OC1C(=O)NCCCC. The predicted molar refractivity (Wildman–Crippen MR) is 64.5 cm³/mol. The van der Waals surface area contributed by atoms with Crippen LogP contribution in [0.1, 0.15) is 39.5 Å². The second kappa shape index (κ2) is 7.27. The molecule has 0 aromatic carbocycles. The lowest BCUT2D eigenvalue weighted by atomic mass is 10.2. The molecular formula is C12H22N2O3. The summed E-state index contributed by atoms with van der Waals surface area (Å²) >= 11 is 0. The van der Waals surface area contributed by atoms with Crippen molar-refractivity contribution in [2.24, 2.45) is 0 Å². The first-order valence-corrected chi connectivity index (χ1v) is 6.41. The summed E-state index contributed by atoms with van der Waals surface area (Å²) in [5.41, 5.74) is 0. The summed E-state index contributed by atoms with van der Waals surface area (Å²) < 4.78 is 5.08. The van der Waals surface area contributed by atoms with E-state index in [1.54, 1.807) is 0 Å². The highest BCUT2D eigenvalue weighted by molar-refractivity contribution is 5.94. The lowest BCUT2D eigenvalue weighted by molar-refractivity contribution is -0.124. The van der Waals surface area contributed by atoms with Gasteiger partial charge in [0.25, 0.3) is 11.8 Å². The molecule has 98 valence electrons. The number of carbonyl (C=O) groups is 2. The Morgan fingerprint density at radius 3 is 1.71 bits per heavy atom. The number of carbonyl (C=O) groups excluding carboxylic acids is 2. The van der Waals surface area contributed by atoms with E-state index in [1.807, 2.05) is 0 Å². The molecule has 2 atom stereocenters. The number of ether oxygens (including phenoxy) is 1. The number of amides is 2. The lowest BCUT2D eigenvalue weighted by Gasteiger charge is -2.02. The van der Waals surface area contributed by atoms with E-state index in [0.29, 0.717) is 13.1 Å². The van der Waals surface area contributed by atoms with Crippen molar-refractivity contribution in [3.05, 3.63) is 0 Å². The Kier molecular flexibility index (Phi) is 5.97. The zero-order valence-corrected chi connectivity index (χ0v) is 10.6. The minimum absolute atomic E-state index is 0.172. The van der Waals surface area contributed by atoms with Crippen LogP contribution in [0.2, 0.25) is 0 Å². The normalized spacial score (nSPS) is 22.0. The molecule has 1 aliphatic heterocycles. The third kappa shape index (κ3) is 4.73. The third-order valence-corrected chi connectivity index (χ3v) is 2.67. The fourth-order valence-corrected chi connectivity index (χ4v) is 1.49. The van der Waals surface area contributed by atoms with Crippen LogP contribution in [0.25, 0.3) is 0 Å². The third-order valence-electron chi connectivity index (χ3n) is 2.67. The molecule has 5 heteroatoms. The molecular weight excluding hydrogens is 220 g/mol. The fourth-order valence-electron chi connectivity index (χ4n) is 1.49. The standard InChI is InChI=1S/C12H22N2O3/c1-3-5-7-13-11(15)9-10(17-9)12(16)14-8-6-4-2/h9-10H,3-8H2,1-2H3,(H,13,15)(H,14,16). The molecule has 1 aliphatic rings. The number of rotatable bonds is 8. The average molecular weight is 242 g/mol. The Morgan fingerprint density at radius 1 is 0.941 bits per heavy atom. The zero-order chi connectivity index (χ0) is 12.7. The van der Waals surface area contributed by atoms with Crippen LogP contribution >= 0.6 is 0 Å². The average Bonchev–Trinajstić information content (AvgIpc) is 3.09. The lowest BCUT2D eigenvalue weighted by Crippen LogP contribution is -2.35. The number of hydrogen-bond donors (Lipinski definition) is 2. The van der Waals surface area contributed by atoms with E-state index in [4.69, 9.17) is 4.74 Å². The van der Waals surface area contributed by atoms with Gasteiger partial charge in [-0.25, -0.2) is 0 Å². The minimum Gasteiger partial charge on any atom is -0.354 e. The van der Waals surface area contributed by atoms with Crippen molar-refractivity contribution in [3.8, 4) is 0 Å². The van der Waals surface area contributed by atoms with Crippen molar-refractivity contribution in [2.45, 2.75) is 51.7 Å². The summed E-state index contributed by atoms with van der Waals surface area (Å²) in [4.78, 5) is 23.0. The van der Waals surface area contributed by atoms with Crippen LogP contribution in [0.5, 0.6) is 0 Å². The Balaban J connectivity index is 2.14. The van der Waals surface area contributed by atoms with E-state index in [2.05, 4.69) is 24.5 Å². The molecule has 0 aromatic heterocycles. The van der Waals surface area contributed by atoms with Crippen molar-refractivity contribution in [1.82, 2.24) is 10.6 Å². The molecule has 0 bridgehead atoms. The van der Waals surface area contributed by atoms with E-state index >= 15 is 0 Å². The van der Waals surface area contributed by atoms with Crippen LogP contribution in [-0.4, -0.2) is 37.1 Å². The van der Waals surface area contributed by atoms with Crippen LogP contribution in [0.4, 0.5) is 0 Å². The summed E-state index contributed by atoms with van der Waals surface area (Å²) in [6, 6.07) is 0. The zero-order valence-electron chi connectivity index (χ0n) is 10.6. The maximum Gasteiger partial charge on any atom is 0.252 e. The van der Waals surface area contributed by atoms with Gasteiger partial charge in [-0.1, -0.05) is 26.7 Å². The summed E-state index contributed by atoms with van der Waals surface area (Å²) in [6.07, 6.45) is 2.82. The summed E-state index contributed by atoms with van der Waals surface area (Å²) in [6.45, 7) is 5.42. The smallest absolute Gasteiger partial charge is 0.252 e. The molecule has 5 nitrogen and oxygen atoms in total. The first kappa shape index (κ1) is 14.0. The van der Waals surface area contributed by atoms with Gasteiger partial charge in [-0.2, -0.15) is 0 Å². The summed E-state index contributed by atoms with van der Waals surface area (Å²) in [5.74, 6) is -0.344. The molecule has 0 aliphatic carbocycles. The van der Waals surface area contributed by atoms with E-state index in [9.17, 15) is 9.59 Å². The van der Waals surface area contributed by atoms with Gasteiger partial charge in [0.05, 0.1) is 0 Å². The molecule has 2 N–H and O–H groups in total. The van der Waals surface area contributed by atoms with Gasteiger partial charge in [0.1, 0.15) is 0 Å². The van der Waals surface area contributed by atoms with Gasteiger partial charge in [0, 0.05) is 13.1 Å². The maximum atomic E-state index is 11.5. The van der Waals surface area contributed by atoms with Gasteiger partial charge in [-0.3, -0.25) is 9.59 Å². The van der Waals surface area contributed by atoms with Crippen molar-refractivity contribution >= 4 is 11.8 Å². The highest BCUT2D eigenvalue weighted by Gasteiger charge is 2.49. The van der Waals surface area contributed by atoms with E-state index in [1.165, 1.54) is 0 Å². The topological polar surface area (TPSA) is 70.7 Å². The van der Waals surface area contributed by atoms with Crippen molar-refractivity contribution in [3.63, 3.8) is 0 Å². The van der Waals surface area contributed by atoms with Crippen LogP contribution in [-0.2, 0) is 14.3 Å². The quantitative estimate of drug-likeness (QED) is 0.483. The highest BCUT2D eigenvalue weighted by atomic mass is 16.6. The van der Waals surface area contributed by atoms with Crippen LogP contribution < -0.4 is 10.6 Å². The summed E-state index contributed by atoms with van der Waals surface area (Å²) in [5, 5.41) is 5.51. The Hall–Kier alpha value is -1.10. The molecule has 1 heterocycles. The van der Waals surface area contributed by atoms with Crippen molar-refractivity contribution < 1.29 is 14.3 Å². The number of epoxide rings is 1.